The summed E-state index contributed by atoms with van der Waals surface area (Å²) in [5.74, 6) is 6.06. The van der Waals surface area contributed by atoms with Gasteiger partial charge >= 0.3 is 0 Å². The molecule has 6 heteroatoms. The van der Waals surface area contributed by atoms with Gasteiger partial charge in [0, 0.05) is 6.54 Å². The molecule has 2 rings (SSSR count). The molecule has 5 nitrogen and oxygen atoms in total. The fraction of sp³-hybridized carbons (Fsp3) is 0.357. The Morgan fingerprint density at radius 1 is 1.40 bits per heavy atom. The summed E-state index contributed by atoms with van der Waals surface area (Å²) in [6.07, 6.45) is 2.61. The van der Waals surface area contributed by atoms with E-state index in [-0.39, 0.29) is 11.9 Å². The molecule has 0 aliphatic heterocycles. The van der Waals surface area contributed by atoms with Crippen molar-refractivity contribution in [3.63, 3.8) is 0 Å². The lowest BCUT2D eigenvalue weighted by molar-refractivity contribution is 0.398. The summed E-state index contributed by atoms with van der Waals surface area (Å²) in [5.41, 5.74) is 4.44. The van der Waals surface area contributed by atoms with Crippen LogP contribution in [0.2, 0.25) is 0 Å². The van der Waals surface area contributed by atoms with Crippen LogP contribution in [-0.4, -0.2) is 16.9 Å². The average molecular weight is 278 g/mol. The fourth-order valence-electron chi connectivity index (χ4n) is 2.20. The minimum atomic E-state index is -0.306. The summed E-state index contributed by atoms with van der Waals surface area (Å²) >= 11 is 0. The van der Waals surface area contributed by atoms with Gasteiger partial charge in [-0.15, -0.1) is 0 Å². The number of aryl methyl sites for hydroxylation is 1. The molecule has 0 saturated carbocycles. The average Bonchev–Trinajstić information content (AvgIpc) is 2.85. The van der Waals surface area contributed by atoms with Crippen molar-refractivity contribution in [3.05, 3.63) is 47.5 Å². The molecule has 0 aliphatic carbocycles. The van der Waals surface area contributed by atoms with Gasteiger partial charge in [-0.1, -0.05) is 19.1 Å². The molecule has 0 amide bonds. The molecule has 0 fully saturated rings. The van der Waals surface area contributed by atoms with E-state index >= 15 is 0 Å². The van der Waals surface area contributed by atoms with Gasteiger partial charge < -0.3 is 4.74 Å². The van der Waals surface area contributed by atoms with E-state index in [1.165, 1.54) is 12.1 Å². The molecule has 1 unspecified atom stereocenters. The third-order valence-corrected chi connectivity index (χ3v) is 3.14. The van der Waals surface area contributed by atoms with Crippen LogP contribution in [0, 0.1) is 5.82 Å². The summed E-state index contributed by atoms with van der Waals surface area (Å²) in [4.78, 5) is 0. The van der Waals surface area contributed by atoms with E-state index in [1.54, 1.807) is 25.4 Å². The second-order valence-electron chi connectivity index (χ2n) is 4.47. The van der Waals surface area contributed by atoms with Gasteiger partial charge in [-0.05, 0) is 24.1 Å². The Labute approximate surface area is 117 Å². The smallest absolute Gasteiger partial charge is 0.161 e. The number of hydrogen-bond acceptors (Lipinski definition) is 4. The summed E-state index contributed by atoms with van der Waals surface area (Å²) in [6.45, 7) is 2.83. The first kappa shape index (κ1) is 14.5. The van der Waals surface area contributed by atoms with E-state index in [1.807, 2.05) is 4.68 Å². The van der Waals surface area contributed by atoms with Gasteiger partial charge in [0.2, 0.25) is 0 Å². The van der Waals surface area contributed by atoms with E-state index in [4.69, 9.17) is 10.6 Å². The van der Waals surface area contributed by atoms with Crippen LogP contribution in [-0.2, 0) is 6.54 Å². The normalized spacial score (nSPS) is 12.4. The monoisotopic (exact) mass is 278 g/mol. The predicted molar refractivity (Wildman–Crippen MR) is 74.6 cm³/mol. The van der Waals surface area contributed by atoms with Crippen LogP contribution in [0.3, 0.4) is 0 Å². The highest BCUT2D eigenvalue weighted by Crippen LogP contribution is 2.29. The summed E-state index contributed by atoms with van der Waals surface area (Å²) in [5, 5.41) is 4.31. The van der Waals surface area contributed by atoms with Gasteiger partial charge in [-0.3, -0.25) is 10.5 Å². The van der Waals surface area contributed by atoms with Crippen molar-refractivity contribution in [1.29, 1.82) is 0 Å². The minimum Gasteiger partial charge on any atom is -0.493 e. The first-order valence-electron chi connectivity index (χ1n) is 6.52. The second-order valence-corrected chi connectivity index (χ2v) is 4.47. The Morgan fingerprint density at radius 3 is 2.65 bits per heavy atom. The Bertz CT molecular complexity index is 553. The Kier molecular flexibility index (Phi) is 4.70. The van der Waals surface area contributed by atoms with Crippen molar-refractivity contribution >= 4 is 0 Å². The van der Waals surface area contributed by atoms with Gasteiger partial charge in [0.25, 0.3) is 0 Å². The third-order valence-electron chi connectivity index (χ3n) is 3.14. The maximum atomic E-state index is 13.0. The molecule has 20 heavy (non-hydrogen) atoms. The van der Waals surface area contributed by atoms with E-state index < -0.39 is 0 Å². The van der Waals surface area contributed by atoms with Crippen LogP contribution < -0.4 is 16.0 Å². The molecule has 1 aromatic carbocycles. The van der Waals surface area contributed by atoms with Crippen molar-refractivity contribution in [2.24, 2.45) is 5.84 Å². The van der Waals surface area contributed by atoms with Crippen LogP contribution in [0.15, 0.2) is 30.5 Å². The molecule has 2 aromatic rings. The van der Waals surface area contributed by atoms with Crippen LogP contribution in [0.4, 0.5) is 4.39 Å². The number of nitrogens with zero attached hydrogens (tertiary/aromatic N) is 2. The number of methoxy groups -OCH3 is 1. The zero-order chi connectivity index (χ0) is 14.5. The van der Waals surface area contributed by atoms with Crippen LogP contribution in [0.25, 0.3) is 0 Å². The summed E-state index contributed by atoms with van der Waals surface area (Å²) in [6, 6.07) is 5.91. The van der Waals surface area contributed by atoms with Crippen molar-refractivity contribution in [2.45, 2.75) is 25.9 Å². The number of aromatic nitrogens is 2. The number of benzene rings is 1. The predicted octanol–water partition coefficient (Wildman–Crippen LogP) is 1.99. The Morgan fingerprint density at radius 2 is 2.10 bits per heavy atom. The lowest BCUT2D eigenvalue weighted by Gasteiger charge is -2.19. The van der Waals surface area contributed by atoms with Gasteiger partial charge in [-0.25, -0.2) is 9.82 Å². The Balaban J connectivity index is 2.44. The standard InChI is InChI=1S/C14H19FN4O/c1-3-8-19-14(12(20-2)9-17-19)13(18-16)10-4-6-11(15)7-5-10/h4-7,9,13,18H,3,8,16H2,1-2H3. The van der Waals surface area contributed by atoms with Crippen molar-refractivity contribution in [3.8, 4) is 5.75 Å². The summed E-state index contributed by atoms with van der Waals surface area (Å²) in [7, 11) is 1.59. The van der Waals surface area contributed by atoms with Gasteiger partial charge in [-0.2, -0.15) is 5.10 Å². The van der Waals surface area contributed by atoms with Crippen LogP contribution in [0.5, 0.6) is 5.75 Å². The second kappa shape index (κ2) is 6.49. The SMILES string of the molecule is CCCn1ncc(OC)c1C(NN)c1ccc(F)cc1. The summed E-state index contributed by atoms with van der Waals surface area (Å²) < 4.78 is 20.2. The number of hydrazine groups is 1. The van der Waals surface area contributed by atoms with Crippen molar-refractivity contribution in [2.75, 3.05) is 7.11 Å². The zero-order valence-corrected chi connectivity index (χ0v) is 11.6. The molecule has 1 atom stereocenters. The van der Waals surface area contributed by atoms with Crippen molar-refractivity contribution in [1.82, 2.24) is 15.2 Å². The Hall–Kier alpha value is -1.92. The number of nitrogens with two attached hydrogens (primary N) is 1. The van der Waals surface area contributed by atoms with E-state index in [2.05, 4.69) is 17.4 Å². The van der Waals surface area contributed by atoms with Crippen molar-refractivity contribution < 1.29 is 9.13 Å². The van der Waals surface area contributed by atoms with Crippen LogP contribution in [0.1, 0.15) is 30.6 Å². The topological polar surface area (TPSA) is 65.1 Å². The van der Waals surface area contributed by atoms with E-state index in [9.17, 15) is 4.39 Å². The van der Waals surface area contributed by atoms with Crippen LogP contribution >= 0.6 is 0 Å². The lowest BCUT2D eigenvalue weighted by atomic mass is 10.0. The number of nitrogens with one attached hydrogen (secondary N) is 1. The fourth-order valence-corrected chi connectivity index (χ4v) is 2.20. The molecule has 1 aromatic heterocycles. The lowest BCUT2D eigenvalue weighted by Crippen LogP contribution is -2.31. The molecule has 0 spiro atoms. The minimum absolute atomic E-state index is 0.279. The third kappa shape index (κ3) is 2.81. The molecular weight excluding hydrogens is 259 g/mol. The number of halogens is 1. The van der Waals surface area contributed by atoms with E-state index in [0.29, 0.717) is 5.75 Å². The number of rotatable bonds is 6. The molecular formula is C14H19FN4O. The quantitative estimate of drug-likeness (QED) is 0.626. The van der Waals surface area contributed by atoms with Gasteiger partial charge in [0.15, 0.2) is 5.75 Å². The van der Waals surface area contributed by atoms with E-state index in [0.717, 1.165) is 24.2 Å². The van der Waals surface area contributed by atoms with Gasteiger partial charge in [0.05, 0.1) is 19.3 Å². The maximum absolute atomic E-state index is 13.0. The molecule has 3 N–H and O–H groups in total. The zero-order valence-electron chi connectivity index (χ0n) is 11.6. The molecule has 0 bridgehead atoms. The first-order chi connectivity index (χ1) is 9.71. The highest BCUT2D eigenvalue weighted by molar-refractivity contribution is 5.36. The molecule has 108 valence electrons. The number of ether oxygens (including phenoxy) is 1. The molecule has 0 aliphatic rings. The molecule has 1 heterocycles. The highest BCUT2D eigenvalue weighted by Gasteiger charge is 2.22. The first-order valence-corrected chi connectivity index (χ1v) is 6.52. The molecule has 0 radical (unpaired) electrons. The molecule has 0 saturated heterocycles. The highest BCUT2D eigenvalue weighted by atomic mass is 19.1. The maximum Gasteiger partial charge on any atom is 0.161 e. The van der Waals surface area contributed by atoms with Gasteiger partial charge in [0.1, 0.15) is 11.5 Å². The largest absolute Gasteiger partial charge is 0.493 e. The number of hydrogen-bond donors (Lipinski definition) is 2.